The highest BCUT2D eigenvalue weighted by atomic mass is 35.5. The van der Waals surface area contributed by atoms with Crippen LogP contribution in [-0.4, -0.2) is 20.7 Å². The third kappa shape index (κ3) is 6.76. The summed E-state index contributed by atoms with van der Waals surface area (Å²) in [5.41, 5.74) is 3.48. The van der Waals surface area contributed by atoms with Crippen molar-refractivity contribution < 1.29 is 14.4 Å². The van der Waals surface area contributed by atoms with Crippen molar-refractivity contribution in [3.8, 4) is 0 Å². The van der Waals surface area contributed by atoms with Crippen molar-refractivity contribution in [3.05, 3.63) is 83.0 Å². The van der Waals surface area contributed by atoms with E-state index in [0.29, 0.717) is 5.82 Å². The Bertz CT molecular complexity index is 981. The van der Waals surface area contributed by atoms with Gasteiger partial charge in [0.05, 0.1) is 10.7 Å². The van der Waals surface area contributed by atoms with Crippen LogP contribution in [-0.2, 0) is 11.3 Å². The molecule has 0 saturated carbocycles. The molecule has 10 heteroatoms. The monoisotopic (exact) mass is 458 g/mol. The van der Waals surface area contributed by atoms with E-state index in [9.17, 15) is 9.18 Å². The molecule has 29 heavy (non-hydrogen) atoms. The minimum atomic E-state index is -1.24. The quantitative estimate of drug-likeness (QED) is 0.276. The van der Waals surface area contributed by atoms with Gasteiger partial charge in [-0.05, 0) is 29.3 Å². The summed E-state index contributed by atoms with van der Waals surface area (Å²) in [6.45, 7) is 0.736. The molecule has 0 aliphatic carbocycles. The number of aromatic nitrogens is 2. The van der Waals surface area contributed by atoms with Crippen LogP contribution in [0.15, 0.2) is 66.9 Å². The van der Waals surface area contributed by atoms with Crippen molar-refractivity contribution in [2.75, 3.05) is 5.32 Å². The number of hydrogen-bond donors (Lipinski definition) is 3. The molecule has 0 atom stereocenters. The number of benzene rings is 1. The molecule has 154 valence electrons. The number of halogens is 4. The van der Waals surface area contributed by atoms with Crippen LogP contribution in [0.5, 0.6) is 0 Å². The van der Waals surface area contributed by atoms with Crippen LogP contribution in [0, 0.1) is 0 Å². The van der Waals surface area contributed by atoms with Gasteiger partial charge in [0.25, 0.3) is 0 Å². The summed E-state index contributed by atoms with van der Waals surface area (Å²) >= 11 is 6.18. The van der Waals surface area contributed by atoms with Gasteiger partial charge in [0.15, 0.2) is 5.83 Å². The lowest BCUT2D eigenvalue weighted by molar-refractivity contribution is -0.126. The van der Waals surface area contributed by atoms with Gasteiger partial charge < -0.3 is 9.88 Å². The summed E-state index contributed by atoms with van der Waals surface area (Å²) in [6.07, 6.45) is 6.14. The molecule has 1 amide bonds. The van der Waals surface area contributed by atoms with E-state index in [2.05, 4.69) is 10.3 Å². The van der Waals surface area contributed by atoms with Gasteiger partial charge in [-0.15, -0.1) is 24.8 Å². The number of amides is 1. The van der Waals surface area contributed by atoms with Gasteiger partial charge in [0, 0.05) is 25.1 Å². The maximum Gasteiger partial charge on any atom is 0.303 e. The van der Waals surface area contributed by atoms with E-state index in [4.69, 9.17) is 16.8 Å². The molecule has 0 saturated heterocycles. The van der Waals surface area contributed by atoms with E-state index >= 15 is 0 Å². The Balaban J connectivity index is 0.00000210. The summed E-state index contributed by atoms with van der Waals surface area (Å²) in [5.74, 6) is -2.00. The largest absolute Gasteiger partial charge is 0.348 e. The van der Waals surface area contributed by atoms with Gasteiger partial charge >= 0.3 is 5.91 Å². The summed E-state index contributed by atoms with van der Waals surface area (Å²) in [4.78, 5) is 15.1. The van der Waals surface area contributed by atoms with Gasteiger partial charge in [-0.3, -0.25) is 10.0 Å². The highest BCUT2D eigenvalue weighted by Crippen LogP contribution is 2.25. The second-order valence-corrected chi connectivity index (χ2v) is 6.12. The standard InChI is InChI=1S/C19H16ClFN4O2.2ClH/c20-16-8-14(9-17(21)19(26)24-27)10-22-18(16)23-15-6-7-25(12-15)11-13-4-2-1-3-5-13;;/h1-10,12,27H,11H2,(H,22,23)(H,24,26);2*1H. The normalized spacial score (nSPS) is 10.5. The zero-order valence-corrected chi connectivity index (χ0v) is 17.3. The second-order valence-electron chi connectivity index (χ2n) is 5.72. The Labute approximate surface area is 184 Å². The number of hydrogen-bond acceptors (Lipinski definition) is 4. The van der Waals surface area contributed by atoms with E-state index in [-0.39, 0.29) is 35.4 Å². The first-order chi connectivity index (χ1) is 13.0. The summed E-state index contributed by atoms with van der Waals surface area (Å²) in [6, 6.07) is 13.4. The molecule has 0 spiro atoms. The molecule has 1 aromatic carbocycles. The highest BCUT2D eigenvalue weighted by Gasteiger charge is 2.09. The van der Waals surface area contributed by atoms with Gasteiger partial charge in [-0.25, -0.2) is 14.9 Å². The Morgan fingerprint density at radius 3 is 2.62 bits per heavy atom. The zero-order chi connectivity index (χ0) is 19.2. The van der Waals surface area contributed by atoms with Gasteiger partial charge in [0.2, 0.25) is 0 Å². The average Bonchev–Trinajstić information content (AvgIpc) is 3.11. The van der Waals surface area contributed by atoms with Crippen molar-refractivity contribution in [2.45, 2.75) is 6.54 Å². The maximum atomic E-state index is 13.4. The molecular weight excluding hydrogens is 442 g/mol. The van der Waals surface area contributed by atoms with Crippen LogP contribution < -0.4 is 10.8 Å². The highest BCUT2D eigenvalue weighted by molar-refractivity contribution is 6.33. The number of pyridine rings is 1. The van der Waals surface area contributed by atoms with Crippen LogP contribution in [0.2, 0.25) is 5.02 Å². The van der Waals surface area contributed by atoms with Crippen LogP contribution in [0.1, 0.15) is 11.1 Å². The molecule has 3 aromatic rings. The number of nitrogens with zero attached hydrogens (tertiary/aromatic N) is 2. The molecule has 0 aliphatic rings. The van der Waals surface area contributed by atoms with Crippen molar-refractivity contribution in [3.63, 3.8) is 0 Å². The lowest BCUT2D eigenvalue weighted by Gasteiger charge is -2.07. The van der Waals surface area contributed by atoms with Crippen LogP contribution in [0.4, 0.5) is 15.9 Å². The number of hydroxylamine groups is 1. The summed E-state index contributed by atoms with van der Waals surface area (Å²) in [7, 11) is 0. The summed E-state index contributed by atoms with van der Waals surface area (Å²) < 4.78 is 15.5. The number of anilines is 2. The fourth-order valence-corrected chi connectivity index (χ4v) is 2.65. The van der Waals surface area contributed by atoms with Crippen molar-refractivity contribution >= 4 is 59.9 Å². The molecular formula is C19H18Cl3FN4O2. The molecule has 2 heterocycles. The Morgan fingerprint density at radius 1 is 1.24 bits per heavy atom. The van der Waals surface area contributed by atoms with Crippen LogP contribution >= 0.6 is 36.4 Å². The third-order valence-corrected chi connectivity index (χ3v) is 3.98. The number of nitrogens with one attached hydrogen (secondary N) is 2. The first kappa shape index (κ1) is 24.5. The van der Waals surface area contributed by atoms with Crippen LogP contribution in [0.3, 0.4) is 0 Å². The number of rotatable bonds is 6. The van der Waals surface area contributed by atoms with E-state index in [1.807, 2.05) is 53.4 Å². The Kier molecular flexibility index (Phi) is 9.64. The first-order valence-corrected chi connectivity index (χ1v) is 8.37. The number of carbonyl (C=O) groups is 1. The third-order valence-electron chi connectivity index (χ3n) is 3.70. The van der Waals surface area contributed by atoms with E-state index in [1.165, 1.54) is 23.3 Å². The van der Waals surface area contributed by atoms with Gasteiger partial charge in [-0.2, -0.15) is 0 Å². The molecule has 0 radical (unpaired) electrons. The summed E-state index contributed by atoms with van der Waals surface area (Å²) in [5, 5.41) is 11.8. The molecule has 2 aromatic heterocycles. The Hall–Kier alpha value is -2.58. The minimum absolute atomic E-state index is 0. The minimum Gasteiger partial charge on any atom is -0.348 e. The average molecular weight is 460 g/mol. The van der Waals surface area contributed by atoms with Crippen molar-refractivity contribution in [1.29, 1.82) is 0 Å². The lowest BCUT2D eigenvalue weighted by atomic mass is 10.2. The van der Waals surface area contributed by atoms with Crippen molar-refractivity contribution in [1.82, 2.24) is 15.0 Å². The predicted octanol–water partition coefficient (Wildman–Crippen LogP) is 4.99. The van der Waals surface area contributed by atoms with E-state index in [0.717, 1.165) is 18.3 Å². The van der Waals surface area contributed by atoms with E-state index < -0.39 is 11.7 Å². The molecule has 0 unspecified atom stereocenters. The van der Waals surface area contributed by atoms with Gasteiger partial charge in [-0.1, -0.05) is 41.9 Å². The molecule has 0 bridgehead atoms. The maximum absolute atomic E-state index is 13.4. The SMILES string of the molecule is Cl.Cl.O=C(NO)C(F)=Cc1cnc(Nc2ccn(Cc3ccccc3)c2)c(Cl)c1. The van der Waals surface area contributed by atoms with Crippen molar-refractivity contribution in [2.24, 2.45) is 0 Å². The fourth-order valence-electron chi connectivity index (χ4n) is 2.43. The van der Waals surface area contributed by atoms with Crippen LogP contribution in [0.25, 0.3) is 6.08 Å². The topological polar surface area (TPSA) is 79.2 Å². The Morgan fingerprint density at radius 2 is 1.97 bits per heavy atom. The predicted molar refractivity (Wildman–Crippen MR) is 116 cm³/mol. The molecule has 0 aliphatic heterocycles. The first-order valence-electron chi connectivity index (χ1n) is 7.99. The fraction of sp³-hybridized carbons (Fsp3) is 0.0526. The molecule has 3 rings (SSSR count). The molecule has 0 fully saturated rings. The van der Waals surface area contributed by atoms with Gasteiger partial charge in [0.1, 0.15) is 5.82 Å². The molecule has 6 nitrogen and oxygen atoms in total. The molecule has 3 N–H and O–H groups in total. The lowest BCUT2D eigenvalue weighted by Crippen LogP contribution is -2.18. The number of carbonyl (C=O) groups excluding carboxylic acids is 1. The zero-order valence-electron chi connectivity index (χ0n) is 14.9. The second kappa shape index (κ2) is 11.4. The smallest absolute Gasteiger partial charge is 0.303 e. The van der Waals surface area contributed by atoms with E-state index in [1.54, 1.807) is 0 Å².